The molecule has 0 bridgehead atoms. The molecule has 25 heavy (non-hydrogen) atoms. The first-order valence-corrected chi connectivity index (χ1v) is 10.2. The fourth-order valence-electron chi connectivity index (χ4n) is 2.33. The van der Waals surface area contributed by atoms with E-state index in [1.165, 1.54) is 22.5 Å². The number of benzene rings is 3. The van der Waals surface area contributed by atoms with E-state index in [4.69, 9.17) is 0 Å². The highest BCUT2D eigenvalue weighted by atomic mass is 79.9. The van der Waals surface area contributed by atoms with Crippen LogP contribution in [0.4, 0.5) is 11.4 Å². The summed E-state index contributed by atoms with van der Waals surface area (Å²) in [5.41, 5.74) is 4.93. The molecule has 0 heterocycles. The van der Waals surface area contributed by atoms with E-state index in [2.05, 4.69) is 116 Å². The average molecular weight is 526 g/mol. The Morgan fingerprint density at radius 2 is 1.08 bits per heavy atom. The van der Waals surface area contributed by atoms with E-state index in [9.17, 15) is 0 Å². The van der Waals surface area contributed by atoms with E-state index in [0.717, 1.165) is 13.4 Å². The van der Waals surface area contributed by atoms with Crippen molar-refractivity contribution in [2.75, 3.05) is 11.9 Å². The third-order valence-corrected chi connectivity index (χ3v) is 6.52. The minimum atomic E-state index is 1.15. The minimum Gasteiger partial charge on any atom is -0.344 e. The standard InChI is InChI=1S/C14H14BrN.C7H6Br2/c1-11-13(15)9-6-10-14(11)16(2)12-7-4-3-5-8-12;1-5-6(8)3-2-4-7(5)9/h3-10H,1-2H3;2-4H,1H3. The van der Waals surface area contributed by atoms with Crippen LogP contribution >= 0.6 is 47.8 Å². The van der Waals surface area contributed by atoms with Crippen LogP contribution in [0.1, 0.15) is 11.1 Å². The topological polar surface area (TPSA) is 3.24 Å². The van der Waals surface area contributed by atoms with E-state index in [1.807, 2.05) is 24.3 Å². The van der Waals surface area contributed by atoms with Crippen LogP contribution in [0.15, 0.2) is 80.1 Å². The normalized spacial score (nSPS) is 10.0. The van der Waals surface area contributed by atoms with Crippen LogP contribution in [0.3, 0.4) is 0 Å². The van der Waals surface area contributed by atoms with E-state index >= 15 is 0 Å². The zero-order valence-electron chi connectivity index (χ0n) is 14.4. The Morgan fingerprint density at radius 3 is 1.60 bits per heavy atom. The SMILES string of the molecule is Cc1c(Br)cccc1Br.Cc1c(Br)cccc1N(C)c1ccccc1. The van der Waals surface area contributed by atoms with Crippen LogP contribution in [0.2, 0.25) is 0 Å². The molecule has 0 fully saturated rings. The van der Waals surface area contributed by atoms with Gasteiger partial charge in [-0.05, 0) is 61.4 Å². The highest BCUT2D eigenvalue weighted by Crippen LogP contribution is 2.30. The first-order valence-electron chi connectivity index (χ1n) is 7.86. The summed E-state index contributed by atoms with van der Waals surface area (Å²) in [4.78, 5) is 2.19. The quantitative estimate of drug-likeness (QED) is 0.327. The summed E-state index contributed by atoms with van der Waals surface area (Å²) in [5, 5.41) is 0. The van der Waals surface area contributed by atoms with Crippen molar-refractivity contribution in [1.82, 2.24) is 0 Å². The van der Waals surface area contributed by atoms with Gasteiger partial charge in [-0.1, -0.05) is 78.1 Å². The maximum atomic E-state index is 3.56. The molecule has 4 heteroatoms. The van der Waals surface area contributed by atoms with Gasteiger partial charge in [0, 0.05) is 31.8 Å². The van der Waals surface area contributed by atoms with Crippen LogP contribution in [0, 0.1) is 13.8 Å². The third-order valence-electron chi connectivity index (χ3n) is 3.95. The number of halogens is 3. The molecule has 130 valence electrons. The summed E-state index contributed by atoms with van der Waals surface area (Å²) in [6, 6.07) is 22.7. The highest BCUT2D eigenvalue weighted by molar-refractivity contribution is 9.11. The first-order chi connectivity index (χ1) is 11.9. The summed E-state index contributed by atoms with van der Waals surface area (Å²) < 4.78 is 3.45. The highest BCUT2D eigenvalue weighted by Gasteiger charge is 2.07. The second kappa shape index (κ2) is 9.56. The molecule has 0 saturated heterocycles. The van der Waals surface area contributed by atoms with Crippen LogP contribution in [-0.4, -0.2) is 7.05 Å². The van der Waals surface area contributed by atoms with Crippen LogP contribution in [-0.2, 0) is 0 Å². The van der Waals surface area contributed by atoms with Gasteiger partial charge in [0.15, 0.2) is 0 Å². The maximum absolute atomic E-state index is 3.56. The summed E-state index contributed by atoms with van der Waals surface area (Å²) in [6.45, 7) is 4.19. The lowest BCUT2D eigenvalue weighted by Gasteiger charge is -2.22. The van der Waals surface area contributed by atoms with Crippen molar-refractivity contribution in [2.24, 2.45) is 0 Å². The largest absolute Gasteiger partial charge is 0.344 e. The Labute approximate surface area is 175 Å². The van der Waals surface area contributed by atoms with Gasteiger partial charge >= 0.3 is 0 Å². The molecule has 0 aliphatic rings. The Balaban J connectivity index is 0.000000212. The van der Waals surface area contributed by atoms with Crippen molar-refractivity contribution >= 4 is 59.2 Å². The fourth-order valence-corrected chi connectivity index (χ4v) is 3.69. The molecule has 3 aromatic carbocycles. The third kappa shape index (κ3) is 5.44. The van der Waals surface area contributed by atoms with Gasteiger partial charge in [0.2, 0.25) is 0 Å². The number of para-hydroxylation sites is 1. The predicted octanol–water partition coefficient (Wildman–Crippen LogP) is 8.05. The maximum Gasteiger partial charge on any atom is 0.0449 e. The fraction of sp³-hybridized carbons (Fsp3) is 0.143. The molecular weight excluding hydrogens is 506 g/mol. The summed E-state index contributed by atoms with van der Waals surface area (Å²) in [5.74, 6) is 0. The average Bonchev–Trinajstić information content (AvgIpc) is 2.63. The molecular formula is C21H20Br3N. The van der Waals surface area contributed by atoms with Gasteiger partial charge in [-0.3, -0.25) is 0 Å². The molecule has 1 nitrogen and oxygen atoms in total. The zero-order chi connectivity index (χ0) is 18.4. The van der Waals surface area contributed by atoms with Gasteiger partial charge in [-0.25, -0.2) is 0 Å². The molecule has 3 aromatic rings. The summed E-state index contributed by atoms with van der Waals surface area (Å²) >= 11 is 10.4. The monoisotopic (exact) mass is 523 g/mol. The summed E-state index contributed by atoms with van der Waals surface area (Å²) in [7, 11) is 2.09. The smallest absolute Gasteiger partial charge is 0.0449 e. The predicted molar refractivity (Wildman–Crippen MR) is 120 cm³/mol. The molecule has 0 aliphatic heterocycles. The Bertz CT molecular complexity index is 812. The number of hydrogen-bond donors (Lipinski definition) is 0. The Hall–Kier alpha value is -1.10. The molecule has 0 unspecified atom stereocenters. The van der Waals surface area contributed by atoms with E-state index in [0.29, 0.717) is 0 Å². The molecule has 0 amide bonds. The molecule has 0 atom stereocenters. The second-order valence-electron chi connectivity index (χ2n) is 5.63. The minimum absolute atomic E-state index is 1.15. The van der Waals surface area contributed by atoms with Gasteiger partial charge < -0.3 is 4.90 Å². The molecule has 0 saturated carbocycles. The van der Waals surface area contributed by atoms with Gasteiger partial charge in [0.05, 0.1) is 0 Å². The van der Waals surface area contributed by atoms with Gasteiger partial charge in [-0.2, -0.15) is 0 Å². The zero-order valence-corrected chi connectivity index (χ0v) is 19.2. The lowest BCUT2D eigenvalue weighted by molar-refractivity contribution is 1.18. The first kappa shape index (κ1) is 20.2. The molecule has 0 aliphatic carbocycles. The van der Waals surface area contributed by atoms with Crippen molar-refractivity contribution in [3.63, 3.8) is 0 Å². The molecule has 0 N–H and O–H groups in total. The number of rotatable bonds is 2. The van der Waals surface area contributed by atoms with E-state index in [1.54, 1.807) is 0 Å². The van der Waals surface area contributed by atoms with E-state index in [-0.39, 0.29) is 0 Å². The summed E-state index contributed by atoms with van der Waals surface area (Å²) in [6.07, 6.45) is 0. The lowest BCUT2D eigenvalue weighted by Crippen LogP contribution is -2.10. The molecule has 0 radical (unpaired) electrons. The van der Waals surface area contributed by atoms with Gasteiger partial charge in [0.1, 0.15) is 0 Å². The number of hydrogen-bond acceptors (Lipinski definition) is 1. The second-order valence-corrected chi connectivity index (χ2v) is 8.19. The Morgan fingerprint density at radius 1 is 0.600 bits per heavy atom. The van der Waals surface area contributed by atoms with Crippen molar-refractivity contribution < 1.29 is 0 Å². The van der Waals surface area contributed by atoms with Crippen molar-refractivity contribution in [3.8, 4) is 0 Å². The van der Waals surface area contributed by atoms with Crippen LogP contribution in [0.25, 0.3) is 0 Å². The number of nitrogens with zero attached hydrogens (tertiary/aromatic N) is 1. The van der Waals surface area contributed by atoms with Crippen molar-refractivity contribution in [1.29, 1.82) is 0 Å². The number of anilines is 2. The van der Waals surface area contributed by atoms with E-state index < -0.39 is 0 Å². The van der Waals surface area contributed by atoms with Crippen LogP contribution < -0.4 is 4.90 Å². The van der Waals surface area contributed by atoms with Gasteiger partial charge in [-0.15, -0.1) is 0 Å². The molecule has 3 rings (SSSR count). The van der Waals surface area contributed by atoms with Gasteiger partial charge in [0.25, 0.3) is 0 Å². The van der Waals surface area contributed by atoms with Crippen molar-refractivity contribution in [3.05, 3.63) is 91.3 Å². The Kier molecular flexibility index (Phi) is 7.73. The molecule has 0 aromatic heterocycles. The lowest BCUT2D eigenvalue weighted by atomic mass is 10.1. The molecule has 0 spiro atoms. The van der Waals surface area contributed by atoms with Crippen LogP contribution in [0.5, 0.6) is 0 Å². The van der Waals surface area contributed by atoms with Crippen molar-refractivity contribution in [2.45, 2.75) is 13.8 Å².